The van der Waals surface area contributed by atoms with Crippen LogP contribution in [0.15, 0.2) is 47.0 Å². The van der Waals surface area contributed by atoms with Gasteiger partial charge in [-0.2, -0.15) is 4.98 Å². The molecule has 1 aliphatic rings. The van der Waals surface area contributed by atoms with Gasteiger partial charge in [-0.3, -0.25) is 4.79 Å². The molecule has 1 atom stereocenters. The van der Waals surface area contributed by atoms with E-state index in [1.165, 1.54) is 0 Å². The summed E-state index contributed by atoms with van der Waals surface area (Å²) >= 11 is 12.1. The predicted octanol–water partition coefficient (Wildman–Crippen LogP) is 4.87. The van der Waals surface area contributed by atoms with Crippen molar-refractivity contribution < 1.29 is 9.32 Å². The number of anilines is 1. The molecule has 1 saturated heterocycles. The molecule has 1 aromatic heterocycles. The lowest BCUT2D eigenvalue weighted by molar-refractivity contribution is -0.117. The summed E-state index contributed by atoms with van der Waals surface area (Å²) in [4.78, 5) is 18.6. The van der Waals surface area contributed by atoms with Crippen molar-refractivity contribution in [3.63, 3.8) is 0 Å². The summed E-state index contributed by atoms with van der Waals surface area (Å²) in [6, 6.07) is 12.8. The molecule has 3 aromatic rings. The van der Waals surface area contributed by atoms with E-state index in [0.29, 0.717) is 34.7 Å². The van der Waals surface area contributed by atoms with Crippen molar-refractivity contribution in [1.29, 1.82) is 0 Å². The zero-order valence-electron chi connectivity index (χ0n) is 13.9. The molecular weight excluding hydrogens is 373 g/mol. The van der Waals surface area contributed by atoms with Gasteiger partial charge >= 0.3 is 0 Å². The van der Waals surface area contributed by atoms with Gasteiger partial charge in [0.1, 0.15) is 0 Å². The van der Waals surface area contributed by atoms with Crippen LogP contribution in [0.1, 0.15) is 23.8 Å². The SMILES string of the molecule is Cc1ccc(N2CC(c3nc(-c4ccc(Cl)cc4)no3)CC2=O)cc1Cl. The second kappa shape index (κ2) is 6.74. The van der Waals surface area contributed by atoms with E-state index in [-0.39, 0.29) is 11.8 Å². The third-order valence-electron chi connectivity index (χ3n) is 4.49. The first-order valence-electron chi connectivity index (χ1n) is 8.17. The van der Waals surface area contributed by atoms with Crippen LogP contribution in [0.3, 0.4) is 0 Å². The predicted molar refractivity (Wildman–Crippen MR) is 101 cm³/mol. The fourth-order valence-electron chi connectivity index (χ4n) is 2.99. The Labute approximate surface area is 160 Å². The highest BCUT2D eigenvalue weighted by molar-refractivity contribution is 6.31. The van der Waals surface area contributed by atoms with E-state index in [1.54, 1.807) is 17.0 Å². The Morgan fingerprint density at radius 1 is 1.15 bits per heavy atom. The standard InChI is InChI=1S/C19H15Cl2N3O2/c1-11-2-7-15(9-16(11)21)24-10-13(8-17(24)25)19-22-18(23-26-19)12-3-5-14(20)6-4-12/h2-7,9,13H,8,10H2,1H3. The van der Waals surface area contributed by atoms with Crippen molar-refractivity contribution in [1.82, 2.24) is 10.1 Å². The lowest BCUT2D eigenvalue weighted by atomic mass is 10.1. The zero-order valence-corrected chi connectivity index (χ0v) is 15.5. The van der Waals surface area contributed by atoms with Gasteiger partial charge in [0.2, 0.25) is 17.6 Å². The van der Waals surface area contributed by atoms with Crippen molar-refractivity contribution in [2.75, 3.05) is 11.4 Å². The summed E-state index contributed by atoms with van der Waals surface area (Å²) in [5.41, 5.74) is 2.57. The average Bonchev–Trinajstić information content (AvgIpc) is 3.25. The van der Waals surface area contributed by atoms with E-state index >= 15 is 0 Å². The van der Waals surface area contributed by atoms with Crippen LogP contribution in [0.5, 0.6) is 0 Å². The first-order valence-corrected chi connectivity index (χ1v) is 8.93. The molecule has 0 bridgehead atoms. The van der Waals surface area contributed by atoms with Gasteiger partial charge in [0.25, 0.3) is 0 Å². The maximum absolute atomic E-state index is 12.4. The average molecular weight is 388 g/mol. The number of carbonyl (C=O) groups is 1. The van der Waals surface area contributed by atoms with E-state index < -0.39 is 0 Å². The Hall–Kier alpha value is -2.37. The number of hydrogen-bond acceptors (Lipinski definition) is 4. The maximum Gasteiger partial charge on any atom is 0.232 e. The quantitative estimate of drug-likeness (QED) is 0.642. The first-order chi connectivity index (χ1) is 12.5. The minimum atomic E-state index is -0.142. The number of halogens is 2. The van der Waals surface area contributed by atoms with E-state index in [0.717, 1.165) is 16.8 Å². The Morgan fingerprint density at radius 3 is 2.65 bits per heavy atom. The van der Waals surface area contributed by atoms with E-state index in [1.807, 2.05) is 37.3 Å². The molecule has 26 heavy (non-hydrogen) atoms. The second-order valence-electron chi connectivity index (χ2n) is 6.30. The van der Waals surface area contributed by atoms with Gasteiger partial charge < -0.3 is 9.42 Å². The Morgan fingerprint density at radius 2 is 1.92 bits per heavy atom. The molecule has 0 spiro atoms. The normalized spacial score (nSPS) is 17.1. The molecule has 2 heterocycles. The summed E-state index contributed by atoms with van der Waals surface area (Å²) in [5, 5.41) is 5.31. The van der Waals surface area contributed by atoms with Gasteiger partial charge in [0, 0.05) is 34.3 Å². The molecule has 5 nitrogen and oxygen atoms in total. The monoisotopic (exact) mass is 387 g/mol. The molecule has 2 aromatic carbocycles. The van der Waals surface area contributed by atoms with Crippen LogP contribution in [0.4, 0.5) is 5.69 Å². The highest BCUT2D eigenvalue weighted by atomic mass is 35.5. The van der Waals surface area contributed by atoms with E-state index in [9.17, 15) is 4.79 Å². The van der Waals surface area contributed by atoms with Crippen molar-refractivity contribution in [2.24, 2.45) is 0 Å². The molecule has 1 aliphatic heterocycles. The maximum atomic E-state index is 12.4. The third kappa shape index (κ3) is 3.20. The van der Waals surface area contributed by atoms with Crippen LogP contribution in [0, 0.1) is 6.92 Å². The lowest BCUT2D eigenvalue weighted by Crippen LogP contribution is -2.24. The first kappa shape index (κ1) is 17.1. The van der Waals surface area contributed by atoms with Gasteiger partial charge in [0.15, 0.2) is 0 Å². The molecular formula is C19H15Cl2N3O2. The zero-order chi connectivity index (χ0) is 18.3. The number of hydrogen-bond donors (Lipinski definition) is 0. The molecule has 1 unspecified atom stereocenters. The van der Waals surface area contributed by atoms with Crippen molar-refractivity contribution >= 4 is 34.8 Å². The van der Waals surface area contributed by atoms with Gasteiger partial charge in [-0.1, -0.05) is 34.4 Å². The van der Waals surface area contributed by atoms with Crippen LogP contribution < -0.4 is 4.90 Å². The lowest BCUT2D eigenvalue weighted by Gasteiger charge is -2.17. The van der Waals surface area contributed by atoms with Crippen LogP contribution in [0.25, 0.3) is 11.4 Å². The molecule has 132 valence electrons. The minimum absolute atomic E-state index is 0.0150. The van der Waals surface area contributed by atoms with Gasteiger partial charge in [-0.05, 0) is 48.9 Å². The van der Waals surface area contributed by atoms with E-state index in [4.69, 9.17) is 27.7 Å². The van der Waals surface area contributed by atoms with Crippen molar-refractivity contribution in [3.05, 3.63) is 64.0 Å². The minimum Gasteiger partial charge on any atom is -0.339 e. The molecule has 7 heteroatoms. The highest BCUT2D eigenvalue weighted by Gasteiger charge is 2.35. The Balaban J connectivity index is 1.55. The molecule has 0 aliphatic carbocycles. The molecule has 0 N–H and O–H groups in total. The van der Waals surface area contributed by atoms with Crippen LogP contribution >= 0.6 is 23.2 Å². The van der Waals surface area contributed by atoms with Crippen LogP contribution in [-0.4, -0.2) is 22.6 Å². The number of amides is 1. The highest BCUT2D eigenvalue weighted by Crippen LogP contribution is 2.33. The number of aryl methyl sites for hydroxylation is 1. The molecule has 0 saturated carbocycles. The molecule has 1 fully saturated rings. The number of nitrogens with zero attached hydrogens (tertiary/aromatic N) is 3. The van der Waals surface area contributed by atoms with Gasteiger partial charge in [-0.25, -0.2) is 0 Å². The Kier molecular flexibility index (Phi) is 4.42. The van der Waals surface area contributed by atoms with E-state index in [2.05, 4.69) is 10.1 Å². The Bertz CT molecular complexity index is 969. The number of benzene rings is 2. The summed E-state index contributed by atoms with van der Waals surface area (Å²) in [7, 11) is 0. The van der Waals surface area contributed by atoms with Gasteiger partial charge in [-0.15, -0.1) is 0 Å². The topological polar surface area (TPSA) is 59.2 Å². The molecule has 1 amide bonds. The van der Waals surface area contributed by atoms with Crippen molar-refractivity contribution in [2.45, 2.75) is 19.3 Å². The summed E-state index contributed by atoms with van der Waals surface area (Å²) in [6.45, 7) is 2.41. The van der Waals surface area contributed by atoms with Crippen molar-refractivity contribution in [3.8, 4) is 11.4 Å². The smallest absolute Gasteiger partial charge is 0.232 e. The summed E-state index contributed by atoms with van der Waals surface area (Å²) < 4.78 is 5.41. The van der Waals surface area contributed by atoms with Gasteiger partial charge in [0.05, 0.1) is 5.92 Å². The van der Waals surface area contributed by atoms with Crippen LogP contribution in [-0.2, 0) is 4.79 Å². The third-order valence-corrected chi connectivity index (χ3v) is 5.14. The fourth-order valence-corrected chi connectivity index (χ4v) is 3.29. The fraction of sp³-hybridized carbons (Fsp3) is 0.211. The number of aromatic nitrogens is 2. The summed E-state index contributed by atoms with van der Waals surface area (Å²) in [5.74, 6) is 0.822. The number of carbonyl (C=O) groups excluding carboxylic acids is 1. The number of rotatable bonds is 3. The summed E-state index contributed by atoms with van der Waals surface area (Å²) in [6.07, 6.45) is 0.327. The molecule has 4 rings (SSSR count). The molecule has 0 radical (unpaired) electrons. The second-order valence-corrected chi connectivity index (χ2v) is 7.15. The largest absolute Gasteiger partial charge is 0.339 e. The van der Waals surface area contributed by atoms with Crippen LogP contribution in [0.2, 0.25) is 10.0 Å².